The summed E-state index contributed by atoms with van der Waals surface area (Å²) in [4.78, 5) is 23.3. The number of carbonyl (C=O) groups is 1. The van der Waals surface area contributed by atoms with Gasteiger partial charge in [0.25, 0.3) is 0 Å². The topological polar surface area (TPSA) is 72.2 Å². The average Bonchev–Trinajstić information content (AvgIpc) is 3.34. The molecule has 196 valence electrons. The van der Waals surface area contributed by atoms with Crippen molar-refractivity contribution >= 4 is 52.4 Å². The lowest BCUT2D eigenvalue weighted by molar-refractivity contribution is -0.130. The fourth-order valence-electron chi connectivity index (χ4n) is 4.85. The summed E-state index contributed by atoms with van der Waals surface area (Å²) >= 11 is 0. The second kappa shape index (κ2) is 11.4. The molecule has 39 heavy (non-hydrogen) atoms. The highest BCUT2D eigenvalue weighted by Gasteiger charge is 2.28. The van der Waals surface area contributed by atoms with Gasteiger partial charge in [-0.25, -0.2) is 9.79 Å². The zero-order valence-electron chi connectivity index (χ0n) is 21.2. The number of halogens is 1. The zero-order valence-corrected chi connectivity index (χ0v) is 22.1. The number of rotatable bonds is 4. The molecule has 0 saturated carbocycles. The van der Waals surface area contributed by atoms with E-state index in [0.717, 1.165) is 27.7 Å². The Morgan fingerprint density at radius 1 is 0.795 bits per heavy atom. The molecule has 4 aromatic carbocycles. The van der Waals surface area contributed by atoms with E-state index in [-0.39, 0.29) is 12.4 Å². The number of hydrogen-bond donors (Lipinski definition) is 1. The maximum Gasteiger partial charge on any atom is 0.365 e. The van der Waals surface area contributed by atoms with Crippen LogP contribution in [0, 0.1) is 5.41 Å². The number of piperazine rings is 1. The smallest absolute Gasteiger partial charge is 0.365 e. The third-order valence-electron chi connectivity index (χ3n) is 6.80. The number of nitrogens with one attached hydrogen (secondary N) is 1. The molecule has 6 rings (SSSR count). The first kappa shape index (κ1) is 26.0. The van der Waals surface area contributed by atoms with Crippen LogP contribution in [0.4, 0.5) is 11.4 Å². The van der Waals surface area contributed by atoms with Crippen molar-refractivity contribution in [3.63, 3.8) is 0 Å². The van der Waals surface area contributed by atoms with Crippen molar-refractivity contribution in [3.8, 4) is 0 Å². The molecule has 2 heterocycles. The largest absolute Gasteiger partial charge is 0.402 e. The number of aliphatic imine (C=N–C) groups is 1. The highest BCUT2D eigenvalue weighted by Crippen LogP contribution is 2.27. The van der Waals surface area contributed by atoms with Crippen LogP contribution in [-0.2, 0) is 9.53 Å². The molecular weight excluding hydrogens is 510 g/mol. The summed E-state index contributed by atoms with van der Waals surface area (Å²) in [6, 6.07) is 33.8. The maximum atomic E-state index is 12.7. The van der Waals surface area contributed by atoms with E-state index in [2.05, 4.69) is 14.8 Å². The normalized spacial score (nSPS) is 16.1. The molecule has 0 radical (unpaired) electrons. The highest BCUT2D eigenvalue weighted by atomic mass is 35.5. The minimum Gasteiger partial charge on any atom is -0.402 e. The molecule has 1 N–H and O–H groups in total. The number of benzene rings is 4. The summed E-state index contributed by atoms with van der Waals surface area (Å²) in [5.74, 6) is 0.313. The van der Waals surface area contributed by atoms with Crippen LogP contribution < -0.4 is 4.90 Å². The SMILES string of the molecule is Cl.N=C(N1CCN(/C=C2/N=C(c3cccc4ccccc34)OC2=O)CC1)N(c1ccccc1)c1ccccc1. The number of fused-ring (bicyclic) bond motifs is 1. The molecular formula is C31H28ClN5O2. The second-order valence-corrected chi connectivity index (χ2v) is 9.20. The fraction of sp³-hybridized carbons (Fsp3) is 0.129. The Morgan fingerprint density at radius 3 is 2.05 bits per heavy atom. The Balaban J connectivity index is 0.00000308. The van der Waals surface area contributed by atoms with Crippen molar-refractivity contribution in [2.75, 3.05) is 31.1 Å². The van der Waals surface area contributed by atoms with Gasteiger partial charge >= 0.3 is 5.97 Å². The van der Waals surface area contributed by atoms with E-state index in [0.29, 0.717) is 43.7 Å². The molecule has 0 amide bonds. The van der Waals surface area contributed by atoms with Crippen LogP contribution in [0.2, 0.25) is 0 Å². The van der Waals surface area contributed by atoms with Gasteiger partial charge in [0, 0.05) is 49.3 Å². The Kier molecular flexibility index (Phi) is 7.61. The molecule has 4 aromatic rings. The van der Waals surface area contributed by atoms with Gasteiger partial charge in [-0.3, -0.25) is 10.3 Å². The number of nitrogens with zero attached hydrogens (tertiary/aromatic N) is 4. The van der Waals surface area contributed by atoms with Gasteiger partial charge in [0.2, 0.25) is 11.9 Å². The maximum absolute atomic E-state index is 12.7. The van der Waals surface area contributed by atoms with Crippen molar-refractivity contribution in [3.05, 3.63) is 121 Å². The third-order valence-corrected chi connectivity index (χ3v) is 6.80. The summed E-state index contributed by atoms with van der Waals surface area (Å²) in [5, 5.41) is 11.1. The van der Waals surface area contributed by atoms with Gasteiger partial charge in [-0.05, 0) is 41.1 Å². The lowest BCUT2D eigenvalue weighted by atomic mass is 10.0. The number of cyclic esters (lactones) is 1. The summed E-state index contributed by atoms with van der Waals surface area (Å²) in [5.41, 5.74) is 2.99. The number of anilines is 2. The molecule has 8 heteroatoms. The van der Waals surface area contributed by atoms with Gasteiger partial charge in [-0.1, -0.05) is 72.8 Å². The Labute approximate surface area is 233 Å². The molecule has 0 unspecified atom stereocenters. The lowest BCUT2D eigenvalue weighted by Crippen LogP contribution is -2.51. The van der Waals surface area contributed by atoms with Gasteiger partial charge in [-0.2, -0.15) is 0 Å². The second-order valence-electron chi connectivity index (χ2n) is 9.20. The van der Waals surface area contributed by atoms with Gasteiger partial charge in [-0.15, -0.1) is 12.4 Å². The first-order valence-corrected chi connectivity index (χ1v) is 12.7. The number of guanidine groups is 1. The van der Waals surface area contributed by atoms with E-state index in [4.69, 9.17) is 10.1 Å². The monoisotopic (exact) mass is 537 g/mol. The summed E-state index contributed by atoms with van der Waals surface area (Å²) < 4.78 is 5.56. The molecule has 2 aliphatic heterocycles. The minimum absolute atomic E-state index is 0. The highest BCUT2D eigenvalue weighted by molar-refractivity contribution is 6.16. The Bertz CT molecular complexity index is 1500. The molecule has 0 bridgehead atoms. The van der Waals surface area contributed by atoms with Crippen LogP contribution in [0.5, 0.6) is 0 Å². The lowest BCUT2D eigenvalue weighted by Gasteiger charge is -2.39. The van der Waals surface area contributed by atoms with Crippen molar-refractivity contribution in [2.24, 2.45) is 4.99 Å². The number of hydrogen-bond acceptors (Lipinski definition) is 5. The number of ether oxygens (including phenoxy) is 1. The molecule has 1 saturated heterocycles. The van der Waals surface area contributed by atoms with E-state index in [1.807, 2.05) is 108 Å². The van der Waals surface area contributed by atoms with Gasteiger partial charge in [0.15, 0.2) is 5.70 Å². The fourth-order valence-corrected chi connectivity index (χ4v) is 4.85. The molecule has 7 nitrogen and oxygen atoms in total. The van der Waals surface area contributed by atoms with Crippen molar-refractivity contribution in [1.82, 2.24) is 9.80 Å². The van der Waals surface area contributed by atoms with E-state index >= 15 is 0 Å². The van der Waals surface area contributed by atoms with Crippen molar-refractivity contribution < 1.29 is 9.53 Å². The summed E-state index contributed by atoms with van der Waals surface area (Å²) in [7, 11) is 0. The summed E-state index contributed by atoms with van der Waals surface area (Å²) in [6.07, 6.45) is 1.79. The third kappa shape index (κ3) is 5.35. The number of esters is 1. The number of carbonyl (C=O) groups excluding carboxylic acids is 1. The molecule has 1 fully saturated rings. The van der Waals surface area contributed by atoms with Crippen LogP contribution >= 0.6 is 12.4 Å². The van der Waals surface area contributed by atoms with Gasteiger partial charge in [0.05, 0.1) is 0 Å². The van der Waals surface area contributed by atoms with Crippen LogP contribution in [-0.4, -0.2) is 53.8 Å². The van der Waals surface area contributed by atoms with E-state index in [1.54, 1.807) is 6.20 Å². The molecule has 2 aliphatic rings. The van der Waals surface area contributed by atoms with Crippen molar-refractivity contribution in [2.45, 2.75) is 0 Å². The number of para-hydroxylation sites is 2. The predicted molar refractivity (Wildman–Crippen MR) is 158 cm³/mol. The van der Waals surface area contributed by atoms with Crippen LogP contribution in [0.1, 0.15) is 5.56 Å². The van der Waals surface area contributed by atoms with E-state index < -0.39 is 5.97 Å². The quantitative estimate of drug-likeness (QED) is 0.154. The average molecular weight is 538 g/mol. The van der Waals surface area contributed by atoms with E-state index in [9.17, 15) is 4.79 Å². The molecule has 0 atom stereocenters. The molecule has 0 aliphatic carbocycles. The van der Waals surface area contributed by atoms with Gasteiger partial charge < -0.3 is 14.5 Å². The van der Waals surface area contributed by atoms with Crippen LogP contribution in [0.25, 0.3) is 10.8 Å². The van der Waals surface area contributed by atoms with Crippen molar-refractivity contribution in [1.29, 1.82) is 5.41 Å². The van der Waals surface area contributed by atoms with Crippen LogP contribution in [0.3, 0.4) is 0 Å². The Morgan fingerprint density at radius 2 is 1.38 bits per heavy atom. The van der Waals surface area contributed by atoms with Crippen LogP contribution in [0.15, 0.2) is 120 Å². The predicted octanol–water partition coefficient (Wildman–Crippen LogP) is 5.80. The van der Waals surface area contributed by atoms with E-state index in [1.165, 1.54) is 0 Å². The molecule has 0 aromatic heterocycles. The first-order valence-electron chi connectivity index (χ1n) is 12.7. The summed E-state index contributed by atoms with van der Waals surface area (Å²) in [6.45, 7) is 2.62. The zero-order chi connectivity index (χ0) is 25.9. The van der Waals surface area contributed by atoms with Gasteiger partial charge in [0.1, 0.15) is 0 Å². The minimum atomic E-state index is -0.442. The first-order chi connectivity index (χ1) is 18.7. The standard InChI is InChI=1S/C31H27N5O2.ClH/c32-31(36(24-12-3-1-4-13-24)25-14-5-2-6-15-25)35-20-18-34(19-21-35)22-28-30(37)38-29(33-28)27-17-9-11-23-10-7-8-16-26(23)27;/h1-17,22,32H,18-21H2;1H/b28-22+,32-31?;. The molecule has 0 spiro atoms. The Hall–Kier alpha value is -4.62.